The number of rotatable bonds is 1. The number of likely N-dealkylation sites (tertiary alicyclic amines) is 1. The van der Waals surface area contributed by atoms with Crippen molar-refractivity contribution in [3.8, 4) is 0 Å². The van der Waals surface area contributed by atoms with Gasteiger partial charge in [0.2, 0.25) is 0 Å². The van der Waals surface area contributed by atoms with Crippen LogP contribution in [0, 0.1) is 6.92 Å². The summed E-state index contributed by atoms with van der Waals surface area (Å²) in [5, 5.41) is 3.52. The molecule has 4 nitrogen and oxygen atoms in total. The quantitative estimate of drug-likeness (QED) is 0.765. The van der Waals surface area contributed by atoms with Gasteiger partial charge in [-0.15, -0.1) is 0 Å². The molecule has 1 fully saturated rings. The standard InChI is InChI=1S/C12H20N4/c1-9-14-12-10(15(9)2)7-13-8-11(12)16-5-3-4-6-16/h11,13H,3-8H2,1-2H3. The van der Waals surface area contributed by atoms with Gasteiger partial charge >= 0.3 is 0 Å². The fourth-order valence-corrected chi connectivity index (χ4v) is 2.94. The van der Waals surface area contributed by atoms with Crippen LogP contribution < -0.4 is 5.32 Å². The van der Waals surface area contributed by atoms with Crippen molar-refractivity contribution in [1.82, 2.24) is 19.8 Å². The molecule has 1 unspecified atom stereocenters. The van der Waals surface area contributed by atoms with E-state index in [-0.39, 0.29) is 0 Å². The van der Waals surface area contributed by atoms with Crippen LogP contribution in [0.4, 0.5) is 0 Å². The van der Waals surface area contributed by atoms with E-state index in [1.807, 2.05) is 0 Å². The van der Waals surface area contributed by atoms with Gasteiger partial charge in [0.05, 0.1) is 17.4 Å². The van der Waals surface area contributed by atoms with E-state index in [4.69, 9.17) is 4.98 Å². The lowest BCUT2D eigenvalue weighted by Gasteiger charge is -2.30. The maximum atomic E-state index is 4.76. The third kappa shape index (κ3) is 1.48. The number of aryl methyl sites for hydroxylation is 1. The largest absolute Gasteiger partial charge is 0.334 e. The predicted molar refractivity (Wildman–Crippen MR) is 63.2 cm³/mol. The molecule has 1 aromatic rings. The van der Waals surface area contributed by atoms with Crippen LogP contribution in [0.25, 0.3) is 0 Å². The summed E-state index contributed by atoms with van der Waals surface area (Å²) in [7, 11) is 2.12. The van der Waals surface area contributed by atoms with Crippen LogP contribution in [0.2, 0.25) is 0 Å². The van der Waals surface area contributed by atoms with E-state index in [0.717, 1.165) is 18.9 Å². The van der Waals surface area contributed by atoms with Gasteiger partial charge in [0.1, 0.15) is 5.82 Å². The van der Waals surface area contributed by atoms with Crippen LogP contribution in [-0.4, -0.2) is 34.1 Å². The number of hydrogen-bond donors (Lipinski definition) is 1. The first-order chi connectivity index (χ1) is 7.77. The molecule has 1 saturated heterocycles. The Morgan fingerprint density at radius 2 is 2.06 bits per heavy atom. The Bertz CT molecular complexity index is 390. The number of aromatic nitrogens is 2. The molecule has 3 rings (SSSR count). The van der Waals surface area contributed by atoms with Crippen molar-refractivity contribution in [2.24, 2.45) is 7.05 Å². The lowest BCUT2D eigenvalue weighted by molar-refractivity contribution is 0.223. The second-order valence-corrected chi connectivity index (χ2v) is 4.94. The van der Waals surface area contributed by atoms with Gasteiger partial charge in [-0.25, -0.2) is 4.98 Å². The van der Waals surface area contributed by atoms with Crippen molar-refractivity contribution >= 4 is 0 Å². The van der Waals surface area contributed by atoms with E-state index in [2.05, 4.69) is 28.8 Å². The van der Waals surface area contributed by atoms with Gasteiger partial charge in [0.15, 0.2) is 0 Å². The van der Waals surface area contributed by atoms with E-state index in [1.54, 1.807) is 0 Å². The minimum Gasteiger partial charge on any atom is -0.334 e. The summed E-state index contributed by atoms with van der Waals surface area (Å²) < 4.78 is 2.23. The zero-order chi connectivity index (χ0) is 11.1. The highest BCUT2D eigenvalue weighted by atomic mass is 15.2. The molecule has 0 amide bonds. The molecule has 1 N–H and O–H groups in total. The van der Waals surface area contributed by atoms with Gasteiger partial charge in [-0.05, 0) is 32.9 Å². The summed E-state index contributed by atoms with van der Waals surface area (Å²) in [5.41, 5.74) is 2.70. The topological polar surface area (TPSA) is 33.1 Å². The molecule has 16 heavy (non-hydrogen) atoms. The molecule has 0 bridgehead atoms. The molecule has 0 spiro atoms. The zero-order valence-corrected chi connectivity index (χ0v) is 10.2. The summed E-state index contributed by atoms with van der Waals surface area (Å²) in [6.45, 7) is 6.60. The molecular formula is C12H20N4. The van der Waals surface area contributed by atoms with Crippen molar-refractivity contribution in [2.75, 3.05) is 19.6 Å². The Labute approximate surface area is 96.7 Å². The SMILES string of the molecule is Cc1nc2c(n1C)CNCC2N1CCCC1. The molecule has 4 heteroatoms. The van der Waals surface area contributed by atoms with Gasteiger partial charge in [-0.3, -0.25) is 4.90 Å². The van der Waals surface area contributed by atoms with E-state index < -0.39 is 0 Å². The number of nitrogens with one attached hydrogen (secondary N) is 1. The predicted octanol–water partition coefficient (Wildman–Crippen LogP) is 0.969. The van der Waals surface area contributed by atoms with Crippen molar-refractivity contribution in [3.63, 3.8) is 0 Å². The fraction of sp³-hybridized carbons (Fsp3) is 0.750. The van der Waals surface area contributed by atoms with Crippen LogP contribution >= 0.6 is 0 Å². The molecule has 0 saturated carbocycles. The smallest absolute Gasteiger partial charge is 0.105 e. The zero-order valence-electron chi connectivity index (χ0n) is 10.2. The van der Waals surface area contributed by atoms with Crippen molar-refractivity contribution in [2.45, 2.75) is 32.4 Å². The number of nitrogens with zero attached hydrogens (tertiary/aromatic N) is 3. The van der Waals surface area contributed by atoms with E-state index in [9.17, 15) is 0 Å². The molecule has 1 aromatic heterocycles. The molecule has 2 aliphatic rings. The number of hydrogen-bond acceptors (Lipinski definition) is 3. The van der Waals surface area contributed by atoms with Crippen LogP contribution in [0.1, 0.15) is 36.1 Å². The Morgan fingerprint density at radius 3 is 2.81 bits per heavy atom. The van der Waals surface area contributed by atoms with Gasteiger partial charge in [0.25, 0.3) is 0 Å². The second-order valence-electron chi connectivity index (χ2n) is 4.94. The third-order valence-corrected chi connectivity index (χ3v) is 4.00. The normalized spacial score (nSPS) is 26.0. The second kappa shape index (κ2) is 3.86. The Morgan fingerprint density at radius 1 is 1.31 bits per heavy atom. The molecule has 1 atom stereocenters. The first-order valence-corrected chi connectivity index (χ1v) is 6.24. The molecule has 0 radical (unpaired) electrons. The van der Waals surface area contributed by atoms with Crippen LogP contribution in [0.3, 0.4) is 0 Å². The molecule has 0 aromatic carbocycles. The average molecular weight is 220 g/mol. The molecule has 2 aliphatic heterocycles. The Kier molecular flexibility index (Phi) is 2.48. The summed E-state index contributed by atoms with van der Waals surface area (Å²) in [6.07, 6.45) is 2.69. The Hall–Kier alpha value is -0.870. The highest BCUT2D eigenvalue weighted by Gasteiger charge is 2.31. The first kappa shape index (κ1) is 10.3. The van der Waals surface area contributed by atoms with Gasteiger partial charge < -0.3 is 9.88 Å². The van der Waals surface area contributed by atoms with E-state index in [0.29, 0.717) is 6.04 Å². The summed E-state index contributed by atoms with van der Waals surface area (Å²) in [5.74, 6) is 1.14. The minimum absolute atomic E-state index is 0.506. The maximum Gasteiger partial charge on any atom is 0.105 e. The molecular weight excluding hydrogens is 200 g/mol. The fourth-order valence-electron chi connectivity index (χ4n) is 2.94. The maximum absolute atomic E-state index is 4.76. The van der Waals surface area contributed by atoms with Crippen LogP contribution in [0.5, 0.6) is 0 Å². The third-order valence-electron chi connectivity index (χ3n) is 4.00. The molecule has 3 heterocycles. The molecule has 0 aliphatic carbocycles. The van der Waals surface area contributed by atoms with Crippen molar-refractivity contribution in [3.05, 3.63) is 17.2 Å². The van der Waals surface area contributed by atoms with Crippen LogP contribution in [0.15, 0.2) is 0 Å². The first-order valence-electron chi connectivity index (χ1n) is 6.24. The van der Waals surface area contributed by atoms with Gasteiger partial charge in [-0.2, -0.15) is 0 Å². The van der Waals surface area contributed by atoms with E-state index in [1.165, 1.54) is 37.3 Å². The van der Waals surface area contributed by atoms with Crippen molar-refractivity contribution < 1.29 is 0 Å². The van der Waals surface area contributed by atoms with Gasteiger partial charge in [0, 0.05) is 20.1 Å². The monoisotopic (exact) mass is 220 g/mol. The number of fused-ring (bicyclic) bond motifs is 1. The summed E-state index contributed by atoms with van der Waals surface area (Å²) >= 11 is 0. The molecule has 88 valence electrons. The van der Waals surface area contributed by atoms with Crippen LogP contribution in [-0.2, 0) is 13.6 Å². The van der Waals surface area contributed by atoms with Crippen molar-refractivity contribution in [1.29, 1.82) is 0 Å². The van der Waals surface area contributed by atoms with E-state index >= 15 is 0 Å². The highest BCUT2D eigenvalue weighted by Crippen LogP contribution is 2.29. The average Bonchev–Trinajstić information content (AvgIpc) is 2.89. The summed E-state index contributed by atoms with van der Waals surface area (Å²) in [6, 6.07) is 0.506. The van der Waals surface area contributed by atoms with Gasteiger partial charge in [-0.1, -0.05) is 0 Å². The lowest BCUT2D eigenvalue weighted by atomic mass is 10.1. The minimum atomic E-state index is 0.506. The number of imidazole rings is 1. The Balaban J connectivity index is 1.96. The summed E-state index contributed by atoms with van der Waals surface area (Å²) in [4.78, 5) is 7.34. The highest BCUT2D eigenvalue weighted by molar-refractivity contribution is 5.23. The lowest BCUT2D eigenvalue weighted by Crippen LogP contribution is -2.38.